The minimum Gasteiger partial charge on any atom is -0.481 e. The van der Waals surface area contributed by atoms with E-state index in [2.05, 4.69) is 0 Å². The Hall–Kier alpha value is -3.49. The number of hydrogen-bond donors (Lipinski definition) is 2. The predicted octanol–water partition coefficient (Wildman–Crippen LogP) is 3.73. The smallest absolute Gasteiger partial charge is 0.407 e. The molecule has 0 spiro atoms. The fourth-order valence-electron chi connectivity index (χ4n) is 4.83. The van der Waals surface area contributed by atoms with Crippen LogP contribution in [-0.2, 0) is 14.3 Å². The number of alkyl carbamates (subject to hydrolysis) is 1. The van der Waals surface area contributed by atoms with Crippen molar-refractivity contribution in [1.82, 2.24) is 10.2 Å². The molecule has 1 fully saturated rings. The van der Waals surface area contributed by atoms with Crippen LogP contribution in [0, 0.1) is 11.8 Å². The van der Waals surface area contributed by atoms with Gasteiger partial charge in [-0.05, 0) is 34.1 Å². The largest absolute Gasteiger partial charge is 0.481 e. The lowest BCUT2D eigenvalue weighted by Gasteiger charge is -2.23. The van der Waals surface area contributed by atoms with Gasteiger partial charge < -0.3 is 20.1 Å². The molecule has 1 aliphatic carbocycles. The van der Waals surface area contributed by atoms with Crippen molar-refractivity contribution < 1.29 is 33.0 Å². The Balaban J connectivity index is 1.32. The number of benzene rings is 2. The quantitative estimate of drug-likeness (QED) is 0.640. The van der Waals surface area contributed by atoms with Crippen molar-refractivity contribution in [2.75, 3.05) is 26.2 Å². The molecule has 1 saturated heterocycles. The molecule has 2 unspecified atom stereocenters. The summed E-state index contributed by atoms with van der Waals surface area (Å²) in [6.45, 7) is 0.509. The number of nitrogens with zero attached hydrogens (tertiary/aromatic N) is 1. The minimum atomic E-state index is -3.83. The first-order chi connectivity index (χ1) is 16.2. The summed E-state index contributed by atoms with van der Waals surface area (Å²) in [7, 11) is 0. The Labute approximate surface area is 195 Å². The van der Waals surface area contributed by atoms with Gasteiger partial charge in [0, 0.05) is 19.0 Å². The number of carboxylic acid groups (broad SMARTS) is 1. The molecule has 0 saturated carbocycles. The molecule has 2 aromatic rings. The van der Waals surface area contributed by atoms with E-state index in [1.54, 1.807) is 6.92 Å². The van der Waals surface area contributed by atoms with Gasteiger partial charge in [-0.3, -0.25) is 9.59 Å². The maximum atomic E-state index is 14.5. The molecule has 2 aromatic carbocycles. The molecule has 2 N–H and O–H groups in total. The van der Waals surface area contributed by atoms with Crippen molar-refractivity contribution >= 4 is 18.0 Å². The third-order valence-electron chi connectivity index (χ3n) is 6.60. The third-order valence-corrected chi connectivity index (χ3v) is 6.60. The molecule has 1 aliphatic heterocycles. The molecule has 34 heavy (non-hydrogen) atoms. The average Bonchev–Trinajstić information content (AvgIpc) is 3.33. The number of rotatable bonds is 7. The number of amides is 2. The molecule has 0 radical (unpaired) electrons. The summed E-state index contributed by atoms with van der Waals surface area (Å²) >= 11 is 0. The number of alkyl halides is 2. The van der Waals surface area contributed by atoms with Gasteiger partial charge in [-0.2, -0.15) is 8.78 Å². The molecule has 7 nitrogen and oxygen atoms in total. The zero-order chi connectivity index (χ0) is 24.5. The topological polar surface area (TPSA) is 95.9 Å². The summed E-state index contributed by atoms with van der Waals surface area (Å²) < 4.78 is 34.3. The van der Waals surface area contributed by atoms with E-state index in [4.69, 9.17) is 9.84 Å². The van der Waals surface area contributed by atoms with Crippen molar-refractivity contribution in [3.8, 4) is 11.1 Å². The van der Waals surface area contributed by atoms with Crippen LogP contribution < -0.4 is 5.32 Å². The van der Waals surface area contributed by atoms with E-state index in [1.807, 2.05) is 53.8 Å². The van der Waals surface area contributed by atoms with Crippen molar-refractivity contribution in [1.29, 1.82) is 0 Å². The van der Waals surface area contributed by atoms with Crippen LogP contribution in [0.1, 0.15) is 30.4 Å². The molecular formula is C25H26F2N2O5. The molecular weight excluding hydrogens is 446 g/mol. The van der Waals surface area contributed by atoms with E-state index >= 15 is 0 Å². The van der Waals surface area contributed by atoms with Gasteiger partial charge >= 0.3 is 18.0 Å². The van der Waals surface area contributed by atoms with Crippen LogP contribution in [0.15, 0.2) is 48.5 Å². The maximum absolute atomic E-state index is 14.5. The second kappa shape index (κ2) is 9.40. The van der Waals surface area contributed by atoms with Gasteiger partial charge in [0.15, 0.2) is 0 Å². The Morgan fingerprint density at radius 2 is 1.65 bits per heavy atom. The highest BCUT2D eigenvalue weighted by Crippen LogP contribution is 2.44. The average molecular weight is 472 g/mol. The van der Waals surface area contributed by atoms with Gasteiger partial charge in [-0.15, -0.1) is 0 Å². The van der Waals surface area contributed by atoms with Crippen LogP contribution in [0.3, 0.4) is 0 Å². The van der Waals surface area contributed by atoms with Crippen LogP contribution in [0.4, 0.5) is 13.6 Å². The Bertz CT molecular complexity index is 1060. The SMILES string of the molecule is CC1CN(C(=O)C(F)(F)CNC(=O)OCC2c3ccccc3-c3ccccc32)CC1CC(=O)O. The number of carbonyl (C=O) groups is 3. The van der Waals surface area contributed by atoms with Crippen molar-refractivity contribution in [3.63, 3.8) is 0 Å². The first-order valence-corrected chi connectivity index (χ1v) is 11.1. The van der Waals surface area contributed by atoms with Crippen LogP contribution in [0.5, 0.6) is 0 Å². The highest BCUT2D eigenvalue weighted by atomic mass is 19.3. The van der Waals surface area contributed by atoms with Crippen LogP contribution >= 0.6 is 0 Å². The number of fused-ring (bicyclic) bond motifs is 3. The number of carbonyl (C=O) groups excluding carboxylic acids is 2. The van der Waals surface area contributed by atoms with Gasteiger partial charge in [-0.1, -0.05) is 55.5 Å². The highest BCUT2D eigenvalue weighted by Gasteiger charge is 2.46. The summed E-state index contributed by atoms with van der Waals surface area (Å²) in [4.78, 5) is 36.4. The van der Waals surface area contributed by atoms with E-state index < -0.39 is 30.4 Å². The number of nitrogens with one attached hydrogen (secondary N) is 1. The normalized spacial score (nSPS) is 19.4. The zero-order valence-electron chi connectivity index (χ0n) is 18.7. The van der Waals surface area contributed by atoms with Crippen LogP contribution in [-0.4, -0.2) is 60.1 Å². The van der Waals surface area contributed by atoms with Gasteiger partial charge in [-0.25, -0.2) is 4.79 Å². The van der Waals surface area contributed by atoms with Crippen molar-refractivity contribution in [2.24, 2.45) is 11.8 Å². The van der Waals surface area contributed by atoms with Crippen LogP contribution in [0.25, 0.3) is 11.1 Å². The molecule has 0 aromatic heterocycles. The van der Waals surface area contributed by atoms with Crippen molar-refractivity contribution in [3.05, 3.63) is 59.7 Å². The van der Waals surface area contributed by atoms with Gasteiger partial charge in [0.2, 0.25) is 0 Å². The molecule has 180 valence electrons. The van der Waals surface area contributed by atoms with Crippen LogP contribution in [0.2, 0.25) is 0 Å². The van der Waals surface area contributed by atoms with Gasteiger partial charge in [0.25, 0.3) is 5.91 Å². The van der Waals surface area contributed by atoms with Gasteiger partial charge in [0.05, 0.1) is 13.0 Å². The molecule has 4 rings (SSSR count). The lowest BCUT2D eigenvalue weighted by molar-refractivity contribution is -0.155. The predicted molar refractivity (Wildman–Crippen MR) is 120 cm³/mol. The summed E-state index contributed by atoms with van der Waals surface area (Å²) in [5.41, 5.74) is 4.09. The Kier molecular flexibility index (Phi) is 6.54. The highest BCUT2D eigenvalue weighted by molar-refractivity contribution is 5.85. The van der Waals surface area contributed by atoms with E-state index in [9.17, 15) is 23.2 Å². The van der Waals surface area contributed by atoms with E-state index in [0.29, 0.717) is 0 Å². The number of likely N-dealkylation sites (tertiary alicyclic amines) is 1. The summed E-state index contributed by atoms with van der Waals surface area (Å²) in [5, 5.41) is 10.9. The molecule has 2 amide bonds. The Morgan fingerprint density at radius 3 is 2.24 bits per heavy atom. The lowest BCUT2D eigenvalue weighted by Crippen LogP contribution is -2.49. The maximum Gasteiger partial charge on any atom is 0.407 e. The molecule has 0 bridgehead atoms. The fraction of sp³-hybridized carbons (Fsp3) is 0.400. The zero-order valence-corrected chi connectivity index (χ0v) is 18.7. The first kappa shape index (κ1) is 23.7. The number of hydrogen-bond acceptors (Lipinski definition) is 4. The standard InChI is InChI=1S/C25H26F2N2O5/c1-15-11-29(12-16(15)10-22(30)31)23(32)25(26,27)14-28-24(33)34-13-21-19-8-4-2-6-17(19)18-7-3-5-9-20(18)21/h2-9,15-16,21H,10-14H2,1H3,(H,28,33)(H,30,31). The number of aliphatic carboxylic acids is 1. The number of carboxylic acids is 1. The van der Waals surface area contributed by atoms with Crippen molar-refractivity contribution in [2.45, 2.75) is 25.2 Å². The first-order valence-electron chi connectivity index (χ1n) is 11.1. The monoisotopic (exact) mass is 472 g/mol. The fourth-order valence-corrected chi connectivity index (χ4v) is 4.83. The van der Waals surface area contributed by atoms with Gasteiger partial charge in [0.1, 0.15) is 6.61 Å². The second-order valence-corrected chi connectivity index (χ2v) is 8.93. The van der Waals surface area contributed by atoms with E-state index in [1.165, 1.54) is 0 Å². The number of halogens is 2. The van der Waals surface area contributed by atoms with E-state index in [0.717, 1.165) is 27.2 Å². The second-order valence-electron chi connectivity index (χ2n) is 8.93. The lowest BCUT2D eigenvalue weighted by atomic mass is 9.95. The summed E-state index contributed by atoms with van der Waals surface area (Å²) in [6, 6.07) is 15.5. The minimum absolute atomic E-state index is 0.0279. The molecule has 2 atom stereocenters. The summed E-state index contributed by atoms with van der Waals surface area (Å²) in [5.74, 6) is -7.08. The molecule has 9 heteroatoms. The number of ether oxygens (including phenoxy) is 1. The summed E-state index contributed by atoms with van der Waals surface area (Å²) in [6.07, 6.45) is -1.22. The Morgan fingerprint density at radius 1 is 1.06 bits per heavy atom. The van der Waals surface area contributed by atoms with E-state index in [-0.39, 0.29) is 43.9 Å². The third kappa shape index (κ3) is 4.73. The molecule has 2 aliphatic rings. The molecule has 1 heterocycles.